The van der Waals surface area contributed by atoms with E-state index in [1.54, 1.807) is 0 Å². The van der Waals surface area contributed by atoms with E-state index in [1.165, 1.54) is 10.8 Å². The molecule has 0 atom stereocenters. The highest BCUT2D eigenvalue weighted by Gasteiger charge is 2.23. The summed E-state index contributed by atoms with van der Waals surface area (Å²) in [6.45, 7) is 0. The maximum absolute atomic E-state index is 10.8. The molecule has 0 radical (unpaired) electrons. The van der Waals surface area contributed by atoms with E-state index < -0.39 is 0 Å². The van der Waals surface area contributed by atoms with Crippen LogP contribution in [0.2, 0.25) is 0 Å². The maximum atomic E-state index is 10.8. The van der Waals surface area contributed by atoms with E-state index in [2.05, 4.69) is 100 Å². The fourth-order valence-corrected chi connectivity index (χ4v) is 6.36. The van der Waals surface area contributed by atoms with Crippen molar-refractivity contribution in [2.24, 2.45) is 0 Å². The lowest BCUT2D eigenvalue weighted by Crippen LogP contribution is -2.06. The first-order valence-electron chi connectivity index (χ1n) is 13.2. The zero-order valence-electron chi connectivity index (χ0n) is 21.3. The Morgan fingerprint density at radius 3 is 1.68 bits per heavy atom. The molecule has 0 spiro atoms. The molecule has 8 aromatic rings. The number of rotatable bonds is 2. The standard InChI is InChI=1S/C36H20N4/c37-21-24-18-19-33(29(22-38)36(24)40-30-14-6-3-11-26(30)27-12-4-7-15-31(27)40)39-32-16-8-5-13-28(32)35-25-10-2-1-9-23(25)17-20-34(35)39/h1-20H. The molecule has 0 bridgehead atoms. The predicted octanol–water partition coefficient (Wildman–Crippen LogP) is 8.78. The van der Waals surface area contributed by atoms with Crippen LogP contribution in [-0.4, -0.2) is 9.13 Å². The number of aromatic nitrogens is 2. The summed E-state index contributed by atoms with van der Waals surface area (Å²) >= 11 is 0. The van der Waals surface area contributed by atoms with Gasteiger partial charge in [-0.1, -0.05) is 84.9 Å². The fourth-order valence-electron chi connectivity index (χ4n) is 6.36. The van der Waals surface area contributed by atoms with E-state index in [0.717, 1.165) is 49.3 Å². The number of nitrogens with zero attached hydrogens (tertiary/aromatic N) is 4. The smallest absolute Gasteiger partial charge is 0.104 e. The van der Waals surface area contributed by atoms with E-state index in [9.17, 15) is 10.5 Å². The molecule has 0 fully saturated rings. The topological polar surface area (TPSA) is 57.4 Å². The van der Waals surface area contributed by atoms with Crippen LogP contribution in [0.1, 0.15) is 11.1 Å². The van der Waals surface area contributed by atoms with Gasteiger partial charge in [-0.2, -0.15) is 10.5 Å². The Morgan fingerprint density at radius 1 is 0.450 bits per heavy atom. The van der Waals surface area contributed by atoms with E-state index in [1.807, 2.05) is 42.5 Å². The highest BCUT2D eigenvalue weighted by molar-refractivity contribution is 6.21. The molecule has 40 heavy (non-hydrogen) atoms. The van der Waals surface area contributed by atoms with Crippen LogP contribution in [0.15, 0.2) is 121 Å². The van der Waals surface area contributed by atoms with Crippen molar-refractivity contribution >= 4 is 54.4 Å². The Bertz CT molecular complexity index is 2350. The number of hydrogen-bond acceptors (Lipinski definition) is 2. The Labute approximate surface area is 229 Å². The van der Waals surface area contributed by atoms with Gasteiger partial charge in [-0.05, 0) is 47.2 Å². The molecule has 184 valence electrons. The average molecular weight is 509 g/mol. The molecule has 0 saturated heterocycles. The number of nitriles is 2. The third-order valence-electron chi connectivity index (χ3n) is 7.99. The SMILES string of the molecule is N#Cc1ccc(-n2c3ccccc3c3c4ccccc4ccc32)c(C#N)c1-n1c2ccccc2c2ccccc21. The molecule has 4 heteroatoms. The molecule has 8 rings (SSSR count). The quantitative estimate of drug-likeness (QED) is 0.234. The van der Waals surface area contributed by atoms with Gasteiger partial charge in [0, 0.05) is 21.5 Å². The van der Waals surface area contributed by atoms with Crippen LogP contribution in [0.4, 0.5) is 0 Å². The molecular weight excluding hydrogens is 488 g/mol. The monoisotopic (exact) mass is 508 g/mol. The van der Waals surface area contributed by atoms with Crippen LogP contribution < -0.4 is 0 Å². The van der Waals surface area contributed by atoms with Gasteiger partial charge < -0.3 is 9.13 Å². The molecule has 0 aliphatic heterocycles. The highest BCUT2D eigenvalue weighted by Crippen LogP contribution is 2.40. The molecule has 0 aliphatic carbocycles. The van der Waals surface area contributed by atoms with E-state index in [4.69, 9.17) is 0 Å². The molecule has 0 amide bonds. The van der Waals surface area contributed by atoms with Gasteiger partial charge in [0.05, 0.1) is 39.0 Å². The van der Waals surface area contributed by atoms with Gasteiger partial charge in [-0.15, -0.1) is 0 Å². The third-order valence-corrected chi connectivity index (χ3v) is 7.99. The van der Waals surface area contributed by atoms with Crippen molar-refractivity contribution in [3.8, 4) is 23.5 Å². The van der Waals surface area contributed by atoms with Crippen molar-refractivity contribution in [1.29, 1.82) is 10.5 Å². The minimum atomic E-state index is 0.457. The van der Waals surface area contributed by atoms with E-state index in [-0.39, 0.29) is 0 Å². The van der Waals surface area contributed by atoms with Gasteiger partial charge >= 0.3 is 0 Å². The Balaban J connectivity index is 1.56. The van der Waals surface area contributed by atoms with Gasteiger partial charge in [0.25, 0.3) is 0 Å². The van der Waals surface area contributed by atoms with Crippen LogP contribution >= 0.6 is 0 Å². The van der Waals surface area contributed by atoms with Crippen molar-refractivity contribution in [3.63, 3.8) is 0 Å². The minimum Gasteiger partial charge on any atom is -0.308 e. The first kappa shape index (κ1) is 22.2. The molecule has 6 aromatic carbocycles. The maximum Gasteiger partial charge on any atom is 0.104 e. The molecule has 0 unspecified atom stereocenters. The van der Waals surface area contributed by atoms with Crippen LogP contribution in [-0.2, 0) is 0 Å². The summed E-state index contributed by atoms with van der Waals surface area (Å²) in [5, 5.41) is 27.9. The molecule has 0 saturated carbocycles. The van der Waals surface area contributed by atoms with Crippen molar-refractivity contribution in [1.82, 2.24) is 9.13 Å². The molecule has 4 nitrogen and oxygen atoms in total. The summed E-state index contributed by atoms with van der Waals surface area (Å²) < 4.78 is 4.25. The Hall–Kier alpha value is -5.84. The summed E-state index contributed by atoms with van der Waals surface area (Å²) in [5.41, 5.74) is 6.23. The van der Waals surface area contributed by atoms with Crippen molar-refractivity contribution in [3.05, 3.63) is 132 Å². The molecule has 2 heterocycles. The first-order valence-corrected chi connectivity index (χ1v) is 13.2. The minimum absolute atomic E-state index is 0.457. The molecule has 2 aromatic heterocycles. The van der Waals surface area contributed by atoms with Crippen molar-refractivity contribution in [2.75, 3.05) is 0 Å². The summed E-state index contributed by atoms with van der Waals surface area (Å²) in [6, 6.07) is 46.0. The fraction of sp³-hybridized carbons (Fsp3) is 0. The van der Waals surface area contributed by atoms with Crippen LogP contribution in [0, 0.1) is 22.7 Å². The summed E-state index contributed by atoms with van der Waals surface area (Å²) in [4.78, 5) is 0. The lowest BCUT2D eigenvalue weighted by molar-refractivity contribution is 1.11. The summed E-state index contributed by atoms with van der Waals surface area (Å²) in [7, 11) is 0. The number of para-hydroxylation sites is 3. The van der Waals surface area contributed by atoms with Gasteiger partial charge in [0.2, 0.25) is 0 Å². The highest BCUT2D eigenvalue weighted by atomic mass is 15.0. The lowest BCUT2D eigenvalue weighted by atomic mass is 10.0. The number of fused-ring (bicyclic) bond motifs is 8. The normalized spacial score (nSPS) is 11.4. The van der Waals surface area contributed by atoms with Gasteiger partial charge in [-0.3, -0.25) is 0 Å². The van der Waals surface area contributed by atoms with E-state index >= 15 is 0 Å². The molecular formula is C36H20N4. The number of hydrogen-bond donors (Lipinski definition) is 0. The summed E-state index contributed by atoms with van der Waals surface area (Å²) in [5.74, 6) is 0. The largest absolute Gasteiger partial charge is 0.308 e. The third kappa shape index (κ3) is 2.88. The van der Waals surface area contributed by atoms with Crippen molar-refractivity contribution < 1.29 is 0 Å². The van der Waals surface area contributed by atoms with Crippen molar-refractivity contribution in [2.45, 2.75) is 0 Å². The van der Waals surface area contributed by atoms with Gasteiger partial charge in [0.1, 0.15) is 17.7 Å². The zero-order valence-corrected chi connectivity index (χ0v) is 21.3. The molecule has 0 aliphatic rings. The van der Waals surface area contributed by atoms with E-state index in [0.29, 0.717) is 16.8 Å². The second-order valence-corrected chi connectivity index (χ2v) is 9.98. The van der Waals surface area contributed by atoms with Gasteiger partial charge in [0.15, 0.2) is 0 Å². The van der Waals surface area contributed by atoms with Crippen LogP contribution in [0.3, 0.4) is 0 Å². The van der Waals surface area contributed by atoms with Crippen LogP contribution in [0.25, 0.3) is 65.8 Å². The Kier molecular flexibility index (Phi) is 4.62. The second-order valence-electron chi connectivity index (χ2n) is 9.98. The number of benzene rings is 6. The first-order chi connectivity index (χ1) is 19.8. The summed E-state index contributed by atoms with van der Waals surface area (Å²) in [6.07, 6.45) is 0. The lowest BCUT2D eigenvalue weighted by Gasteiger charge is -2.17. The Morgan fingerprint density at radius 2 is 1.02 bits per heavy atom. The zero-order chi connectivity index (χ0) is 26.8. The van der Waals surface area contributed by atoms with Crippen LogP contribution in [0.5, 0.6) is 0 Å². The average Bonchev–Trinajstić information content (AvgIpc) is 3.53. The second kappa shape index (κ2) is 8.33. The predicted molar refractivity (Wildman–Crippen MR) is 162 cm³/mol. The van der Waals surface area contributed by atoms with Gasteiger partial charge in [-0.25, -0.2) is 0 Å². The molecule has 0 N–H and O–H groups in total.